The Hall–Kier alpha value is -3.35. The molecule has 24 heavy (non-hydrogen) atoms. The Balaban J connectivity index is 1.54. The molecule has 1 aliphatic rings. The largest absolute Gasteiger partial charge is 0.336 e. The second kappa shape index (κ2) is 5.69. The fraction of sp³-hybridized carbons (Fsp3) is 0.118. The monoisotopic (exact) mass is 321 g/mol. The van der Waals surface area contributed by atoms with E-state index in [1.807, 2.05) is 24.3 Å². The standard InChI is InChI=1S/C17H15N5O2/c23-16(14-3-1-2-11-10-19-21-15(11)14)20-12-4-6-13(7-5-12)22-9-8-18-17(22)24/h1-7,10H,8-9H2,(H,18,24)(H,19,21)(H,20,23). The fourth-order valence-electron chi connectivity index (χ4n) is 2.80. The molecule has 3 N–H and O–H groups in total. The molecule has 3 aromatic rings. The van der Waals surface area contributed by atoms with Gasteiger partial charge in [0.15, 0.2) is 0 Å². The van der Waals surface area contributed by atoms with Gasteiger partial charge in [-0.1, -0.05) is 12.1 Å². The van der Waals surface area contributed by atoms with E-state index in [0.717, 1.165) is 11.1 Å². The van der Waals surface area contributed by atoms with Crippen LogP contribution in [0.4, 0.5) is 16.2 Å². The Morgan fingerprint density at radius 3 is 2.75 bits per heavy atom. The highest BCUT2D eigenvalue weighted by Crippen LogP contribution is 2.21. The number of anilines is 2. The number of urea groups is 1. The van der Waals surface area contributed by atoms with Crippen molar-refractivity contribution in [3.63, 3.8) is 0 Å². The molecule has 1 aliphatic heterocycles. The predicted molar refractivity (Wildman–Crippen MR) is 91.2 cm³/mol. The number of fused-ring (bicyclic) bond motifs is 1. The lowest BCUT2D eigenvalue weighted by molar-refractivity contribution is 0.102. The second-order valence-electron chi connectivity index (χ2n) is 5.52. The first-order valence-electron chi connectivity index (χ1n) is 7.61. The number of hydrogen-bond acceptors (Lipinski definition) is 3. The van der Waals surface area contributed by atoms with Crippen LogP contribution in [0.3, 0.4) is 0 Å². The minimum Gasteiger partial charge on any atom is -0.336 e. The van der Waals surface area contributed by atoms with E-state index in [1.54, 1.807) is 29.3 Å². The Morgan fingerprint density at radius 2 is 2.00 bits per heavy atom. The number of benzene rings is 2. The molecule has 120 valence electrons. The molecule has 0 radical (unpaired) electrons. The van der Waals surface area contributed by atoms with Gasteiger partial charge in [-0.05, 0) is 30.3 Å². The van der Waals surface area contributed by atoms with E-state index in [-0.39, 0.29) is 11.9 Å². The number of hydrogen-bond donors (Lipinski definition) is 3. The third-order valence-corrected chi connectivity index (χ3v) is 4.01. The zero-order chi connectivity index (χ0) is 16.5. The van der Waals surface area contributed by atoms with Crippen molar-refractivity contribution in [2.45, 2.75) is 0 Å². The van der Waals surface area contributed by atoms with E-state index in [0.29, 0.717) is 29.9 Å². The summed E-state index contributed by atoms with van der Waals surface area (Å²) in [4.78, 5) is 25.8. The van der Waals surface area contributed by atoms with Gasteiger partial charge in [0.25, 0.3) is 5.91 Å². The minimum atomic E-state index is -0.212. The highest BCUT2D eigenvalue weighted by Gasteiger charge is 2.20. The van der Waals surface area contributed by atoms with Gasteiger partial charge < -0.3 is 10.6 Å². The number of nitrogens with one attached hydrogen (secondary N) is 3. The van der Waals surface area contributed by atoms with Crippen molar-refractivity contribution < 1.29 is 9.59 Å². The molecule has 0 saturated carbocycles. The van der Waals surface area contributed by atoms with Gasteiger partial charge in [0.2, 0.25) is 0 Å². The van der Waals surface area contributed by atoms with E-state index in [2.05, 4.69) is 20.8 Å². The summed E-state index contributed by atoms with van der Waals surface area (Å²) in [6.45, 7) is 1.29. The summed E-state index contributed by atoms with van der Waals surface area (Å²) in [5, 5.41) is 13.3. The SMILES string of the molecule is O=C(Nc1ccc(N2CCNC2=O)cc1)c1cccc2cn[nH]c12. The van der Waals surface area contributed by atoms with Crippen LogP contribution in [0.25, 0.3) is 10.9 Å². The van der Waals surface area contributed by atoms with Gasteiger partial charge in [0, 0.05) is 29.9 Å². The maximum absolute atomic E-state index is 12.5. The van der Waals surface area contributed by atoms with Crippen LogP contribution in [0.2, 0.25) is 0 Å². The van der Waals surface area contributed by atoms with Crippen molar-refractivity contribution >= 4 is 34.2 Å². The number of rotatable bonds is 3. The summed E-state index contributed by atoms with van der Waals surface area (Å²) < 4.78 is 0. The lowest BCUT2D eigenvalue weighted by atomic mass is 10.1. The average Bonchev–Trinajstić information content (AvgIpc) is 3.24. The number of carbonyl (C=O) groups excluding carboxylic acids is 2. The van der Waals surface area contributed by atoms with Crippen LogP contribution < -0.4 is 15.5 Å². The van der Waals surface area contributed by atoms with Crippen molar-refractivity contribution in [3.05, 3.63) is 54.2 Å². The molecule has 1 saturated heterocycles. The molecule has 7 nitrogen and oxygen atoms in total. The fourth-order valence-corrected chi connectivity index (χ4v) is 2.80. The summed E-state index contributed by atoms with van der Waals surface area (Å²) in [7, 11) is 0. The van der Waals surface area contributed by atoms with Crippen LogP contribution in [0.15, 0.2) is 48.7 Å². The van der Waals surface area contributed by atoms with E-state index >= 15 is 0 Å². The molecule has 2 heterocycles. The smallest absolute Gasteiger partial charge is 0.321 e. The second-order valence-corrected chi connectivity index (χ2v) is 5.52. The van der Waals surface area contributed by atoms with Crippen molar-refractivity contribution in [1.29, 1.82) is 0 Å². The molecule has 1 aromatic heterocycles. The molecule has 3 amide bonds. The van der Waals surface area contributed by atoms with Gasteiger partial charge in [-0.15, -0.1) is 0 Å². The lowest BCUT2D eigenvalue weighted by Crippen LogP contribution is -2.27. The maximum atomic E-state index is 12.5. The molecule has 0 aliphatic carbocycles. The molecule has 2 aromatic carbocycles. The zero-order valence-electron chi connectivity index (χ0n) is 12.7. The molecule has 0 unspecified atom stereocenters. The van der Waals surface area contributed by atoms with Gasteiger partial charge in [0.1, 0.15) is 0 Å². The molecular weight excluding hydrogens is 306 g/mol. The van der Waals surface area contributed by atoms with Crippen LogP contribution in [-0.4, -0.2) is 35.2 Å². The third-order valence-electron chi connectivity index (χ3n) is 4.01. The molecule has 0 atom stereocenters. The van der Waals surface area contributed by atoms with Crippen LogP contribution in [0, 0.1) is 0 Å². The van der Waals surface area contributed by atoms with Gasteiger partial charge in [-0.25, -0.2) is 4.79 Å². The molecule has 7 heteroatoms. The molecule has 1 fully saturated rings. The summed E-state index contributed by atoms with van der Waals surface area (Å²) in [6.07, 6.45) is 1.68. The average molecular weight is 321 g/mol. The van der Waals surface area contributed by atoms with Crippen molar-refractivity contribution in [3.8, 4) is 0 Å². The number of para-hydroxylation sites is 1. The maximum Gasteiger partial charge on any atom is 0.321 e. The summed E-state index contributed by atoms with van der Waals surface area (Å²) in [5.41, 5.74) is 2.71. The third kappa shape index (κ3) is 2.45. The molecule has 0 bridgehead atoms. The minimum absolute atomic E-state index is 0.0993. The van der Waals surface area contributed by atoms with Gasteiger partial charge in [0.05, 0.1) is 17.3 Å². The Kier molecular flexibility index (Phi) is 3.38. The van der Waals surface area contributed by atoms with Crippen molar-refractivity contribution in [2.75, 3.05) is 23.3 Å². The Morgan fingerprint density at radius 1 is 1.17 bits per heavy atom. The number of nitrogens with zero attached hydrogens (tertiary/aromatic N) is 2. The number of aromatic nitrogens is 2. The quantitative estimate of drug-likeness (QED) is 0.691. The van der Waals surface area contributed by atoms with Crippen LogP contribution in [0.5, 0.6) is 0 Å². The first-order valence-corrected chi connectivity index (χ1v) is 7.61. The van der Waals surface area contributed by atoms with Gasteiger partial charge in [-0.2, -0.15) is 5.10 Å². The van der Waals surface area contributed by atoms with E-state index in [1.165, 1.54) is 0 Å². The highest BCUT2D eigenvalue weighted by molar-refractivity contribution is 6.11. The van der Waals surface area contributed by atoms with Crippen LogP contribution in [-0.2, 0) is 0 Å². The van der Waals surface area contributed by atoms with E-state index in [9.17, 15) is 9.59 Å². The lowest BCUT2D eigenvalue weighted by Gasteiger charge is -2.14. The molecular formula is C17H15N5O2. The van der Waals surface area contributed by atoms with Crippen LogP contribution >= 0.6 is 0 Å². The summed E-state index contributed by atoms with van der Waals surface area (Å²) >= 11 is 0. The Labute approximate surface area is 137 Å². The number of aromatic amines is 1. The molecule has 4 rings (SSSR count). The first kappa shape index (κ1) is 14.3. The van der Waals surface area contributed by atoms with Gasteiger partial charge >= 0.3 is 6.03 Å². The van der Waals surface area contributed by atoms with Crippen LogP contribution in [0.1, 0.15) is 10.4 Å². The summed E-state index contributed by atoms with van der Waals surface area (Å²) in [5.74, 6) is -0.212. The first-order chi connectivity index (χ1) is 11.7. The van der Waals surface area contributed by atoms with Crippen molar-refractivity contribution in [1.82, 2.24) is 15.5 Å². The topological polar surface area (TPSA) is 90.1 Å². The van der Waals surface area contributed by atoms with Crippen molar-refractivity contribution in [2.24, 2.45) is 0 Å². The number of amides is 3. The predicted octanol–water partition coefficient (Wildman–Crippen LogP) is 2.34. The zero-order valence-corrected chi connectivity index (χ0v) is 12.7. The highest BCUT2D eigenvalue weighted by atomic mass is 16.2. The normalized spacial score (nSPS) is 14.0. The molecule has 0 spiro atoms. The van der Waals surface area contributed by atoms with Gasteiger partial charge in [-0.3, -0.25) is 14.8 Å². The number of carbonyl (C=O) groups is 2. The Bertz CT molecular complexity index is 916. The van der Waals surface area contributed by atoms with E-state index in [4.69, 9.17) is 0 Å². The summed E-state index contributed by atoms with van der Waals surface area (Å²) in [6, 6.07) is 12.6. The number of H-pyrrole nitrogens is 1. The van der Waals surface area contributed by atoms with E-state index < -0.39 is 0 Å².